The highest BCUT2D eigenvalue weighted by molar-refractivity contribution is 5.66. The maximum atomic E-state index is 10.5. The van der Waals surface area contributed by atoms with Crippen molar-refractivity contribution in [3.05, 3.63) is 0 Å². The fourth-order valence-electron chi connectivity index (χ4n) is 2.55. The van der Waals surface area contributed by atoms with E-state index < -0.39 is 5.97 Å². The molecule has 1 saturated carbocycles. The van der Waals surface area contributed by atoms with E-state index in [9.17, 15) is 4.79 Å². The first-order chi connectivity index (χ1) is 7.50. The molecule has 1 aliphatic rings. The van der Waals surface area contributed by atoms with Gasteiger partial charge < -0.3 is 10.0 Å². The predicted molar refractivity (Wildman–Crippen MR) is 65.5 cm³/mol. The van der Waals surface area contributed by atoms with Gasteiger partial charge in [-0.05, 0) is 52.0 Å². The van der Waals surface area contributed by atoms with Gasteiger partial charge in [0.2, 0.25) is 0 Å². The molecular weight excluding hydrogens is 202 g/mol. The number of carboxylic acids is 1. The Kier molecular flexibility index (Phi) is 5.26. The Hall–Kier alpha value is -0.570. The molecule has 1 aliphatic carbocycles. The summed E-state index contributed by atoms with van der Waals surface area (Å²) in [4.78, 5) is 12.9. The van der Waals surface area contributed by atoms with Crippen LogP contribution in [0.2, 0.25) is 0 Å². The van der Waals surface area contributed by atoms with Gasteiger partial charge in [-0.25, -0.2) is 0 Å². The van der Waals surface area contributed by atoms with E-state index in [0.29, 0.717) is 12.1 Å². The van der Waals surface area contributed by atoms with E-state index in [-0.39, 0.29) is 6.42 Å². The summed E-state index contributed by atoms with van der Waals surface area (Å²) in [5.41, 5.74) is 0. The van der Waals surface area contributed by atoms with Crippen LogP contribution in [0.15, 0.2) is 0 Å². The number of carbonyl (C=O) groups is 1. The van der Waals surface area contributed by atoms with Gasteiger partial charge in [-0.1, -0.05) is 6.92 Å². The summed E-state index contributed by atoms with van der Waals surface area (Å²) in [7, 11) is 2.15. The van der Waals surface area contributed by atoms with Crippen LogP contribution in [0.25, 0.3) is 0 Å². The van der Waals surface area contributed by atoms with Crippen LogP contribution >= 0.6 is 0 Å². The monoisotopic (exact) mass is 227 g/mol. The lowest BCUT2D eigenvalue weighted by Crippen LogP contribution is -2.40. The average Bonchev–Trinajstić information content (AvgIpc) is 2.26. The molecule has 0 bridgehead atoms. The van der Waals surface area contributed by atoms with Crippen LogP contribution in [0.4, 0.5) is 0 Å². The smallest absolute Gasteiger partial charge is 0.303 e. The number of hydrogen-bond acceptors (Lipinski definition) is 2. The molecule has 94 valence electrons. The van der Waals surface area contributed by atoms with Gasteiger partial charge in [0, 0.05) is 18.5 Å². The second kappa shape index (κ2) is 6.24. The van der Waals surface area contributed by atoms with Crippen molar-refractivity contribution < 1.29 is 9.90 Å². The predicted octanol–water partition coefficient (Wildman–Crippen LogP) is 2.75. The fourth-order valence-corrected chi connectivity index (χ4v) is 2.55. The molecule has 0 saturated heterocycles. The summed E-state index contributed by atoms with van der Waals surface area (Å²) in [5.74, 6) is 0.191. The third kappa shape index (κ3) is 4.12. The Bertz CT molecular complexity index is 222. The zero-order chi connectivity index (χ0) is 12.1. The van der Waals surface area contributed by atoms with Crippen molar-refractivity contribution in [2.45, 2.75) is 64.5 Å². The number of rotatable bonds is 5. The van der Waals surface area contributed by atoms with E-state index in [2.05, 4.69) is 25.8 Å². The highest BCUT2D eigenvalue weighted by Crippen LogP contribution is 2.27. The van der Waals surface area contributed by atoms with Crippen LogP contribution in [0.5, 0.6) is 0 Å². The Morgan fingerprint density at radius 3 is 2.44 bits per heavy atom. The lowest BCUT2D eigenvalue weighted by Gasteiger charge is -2.37. The fraction of sp³-hybridized carbons (Fsp3) is 0.923. The first-order valence-corrected chi connectivity index (χ1v) is 6.44. The van der Waals surface area contributed by atoms with Crippen molar-refractivity contribution in [1.82, 2.24) is 4.90 Å². The average molecular weight is 227 g/mol. The largest absolute Gasteiger partial charge is 0.481 e. The summed E-state index contributed by atoms with van der Waals surface area (Å²) in [6, 6.07) is 1.05. The Balaban J connectivity index is 2.32. The lowest BCUT2D eigenvalue weighted by molar-refractivity contribution is -0.137. The van der Waals surface area contributed by atoms with Gasteiger partial charge in [-0.15, -0.1) is 0 Å². The van der Waals surface area contributed by atoms with E-state index in [0.717, 1.165) is 12.3 Å². The third-order valence-electron chi connectivity index (χ3n) is 4.03. The molecule has 3 heteroatoms. The molecule has 0 radical (unpaired) electrons. The van der Waals surface area contributed by atoms with Crippen LogP contribution in [0, 0.1) is 5.92 Å². The summed E-state index contributed by atoms with van der Waals surface area (Å²) in [6.45, 7) is 4.46. The number of aliphatic carboxylic acids is 1. The molecule has 0 amide bonds. The molecule has 0 aromatic rings. The summed E-state index contributed by atoms with van der Waals surface area (Å²) in [6.07, 6.45) is 6.23. The summed E-state index contributed by atoms with van der Waals surface area (Å²) >= 11 is 0. The van der Waals surface area contributed by atoms with Crippen LogP contribution < -0.4 is 0 Å². The van der Waals surface area contributed by atoms with Crippen molar-refractivity contribution in [3.8, 4) is 0 Å². The second-order valence-electron chi connectivity index (χ2n) is 5.36. The van der Waals surface area contributed by atoms with E-state index in [1.807, 2.05) is 0 Å². The van der Waals surface area contributed by atoms with Gasteiger partial charge in [0.1, 0.15) is 0 Å². The molecule has 1 atom stereocenters. The first-order valence-electron chi connectivity index (χ1n) is 6.44. The van der Waals surface area contributed by atoms with Gasteiger partial charge in [0.15, 0.2) is 0 Å². The van der Waals surface area contributed by atoms with Crippen LogP contribution in [0.3, 0.4) is 0 Å². The van der Waals surface area contributed by atoms with E-state index in [1.165, 1.54) is 25.7 Å². The SMILES string of the molecule is CC1CCC(N(C)C(C)CCC(=O)O)CC1. The number of carboxylic acid groups (broad SMARTS) is 1. The zero-order valence-electron chi connectivity index (χ0n) is 10.8. The molecule has 0 aliphatic heterocycles. The Morgan fingerprint density at radius 1 is 1.38 bits per heavy atom. The highest BCUT2D eigenvalue weighted by atomic mass is 16.4. The topological polar surface area (TPSA) is 40.5 Å². The standard InChI is InChI=1S/C13H25NO2/c1-10-4-7-12(8-5-10)14(3)11(2)6-9-13(15)16/h10-12H,4-9H2,1-3H3,(H,15,16). The molecule has 1 rings (SSSR count). The second-order valence-corrected chi connectivity index (χ2v) is 5.36. The van der Waals surface area contributed by atoms with Crippen molar-refractivity contribution in [2.24, 2.45) is 5.92 Å². The molecule has 1 fully saturated rings. The maximum Gasteiger partial charge on any atom is 0.303 e. The van der Waals surface area contributed by atoms with Crippen molar-refractivity contribution in [2.75, 3.05) is 7.05 Å². The molecule has 0 aromatic heterocycles. The highest BCUT2D eigenvalue weighted by Gasteiger charge is 2.24. The molecular formula is C13H25NO2. The molecule has 0 heterocycles. The van der Waals surface area contributed by atoms with Crippen molar-refractivity contribution in [1.29, 1.82) is 0 Å². The molecule has 1 N–H and O–H groups in total. The zero-order valence-corrected chi connectivity index (χ0v) is 10.8. The van der Waals surface area contributed by atoms with Gasteiger partial charge in [0.25, 0.3) is 0 Å². The first kappa shape index (κ1) is 13.5. The van der Waals surface area contributed by atoms with Crippen LogP contribution in [0.1, 0.15) is 52.4 Å². The minimum absolute atomic E-state index is 0.286. The van der Waals surface area contributed by atoms with E-state index >= 15 is 0 Å². The normalized spacial score (nSPS) is 28.0. The minimum Gasteiger partial charge on any atom is -0.481 e. The van der Waals surface area contributed by atoms with Crippen LogP contribution in [-0.2, 0) is 4.79 Å². The minimum atomic E-state index is -0.683. The lowest BCUT2D eigenvalue weighted by atomic mass is 9.86. The summed E-state index contributed by atoms with van der Waals surface area (Å²) < 4.78 is 0. The van der Waals surface area contributed by atoms with Crippen molar-refractivity contribution >= 4 is 5.97 Å². The molecule has 3 nitrogen and oxygen atoms in total. The third-order valence-corrected chi connectivity index (χ3v) is 4.03. The van der Waals surface area contributed by atoms with E-state index in [4.69, 9.17) is 5.11 Å². The van der Waals surface area contributed by atoms with Gasteiger partial charge >= 0.3 is 5.97 Å². The molecule has 0 aromatic carbocycles. The van der Waals surface area contributed by atoms with E-state index in [1.54, 1.807) is 0 Å². The quantitative estimate of drug-likeness (QED) is 0.785. The molecule has 16 heavy (non-hydrogen) atoms. The summed E-state index contributed by atoms with van der Waals surface area (Å²) in [5, 5.41) is 8.67. The van der Waals surface area contributed by atoms with Gasteiger partial charge in [-0.3, -0.25) is 4.79 Å². The maximum absolute atomic E-state index is 10.5. The Morgan fingerprint density at radius 2 is 1.94 bits per heavy atom. The van der Waals surface area contributed by atoms with Gasteiger partial charge in [-0.2, -0.15) is 0 Å². The molecule has 0 spiro atoms. The Labute approximate surface area is 98.8 Å². The van der Waals surface area contributed by atoms with Gasteiger partial charge in [0.05, 0.1) is 0 Å². The number of hydrogen-bond donors (Lipinski definition) is 1. The number of nitrogens with zero attached hydrogens (tertiary/aromatic N) is 1. The molecule has 1 unspecified atom stereocenters. The van der Waals surface area contributed by atoms with Crippen LogP contribution in [-0.4, -0.2) is 35.1 Å². The van der Waals surface area contributed by atoms with Crippen molar-refractivity contribution in [3.63, 3.8) is 0 Å².